The molecule has 2 amide bonds. The van der Waals surface area contributed by atoms with E-state index in [-0.39, 0.29) is 17.4 Å². The van der Waals surface area contributed by atoms with E-state index in [1.165, 1.54) is 0 Å². The molecule has 0 unspecified atom stereocenters. The van der Waals surface area contributed by atoms with E-state index in [1.54, 1.807) is 17.0 Å². The molecular formula is C18H18IN3O2S. The molecule has 0 bridgehead atoms. The maximum absolute atomic E-state index is 12.4. The molecule has 0 saturated heterocycles. The number of thiocarbonyl (C=S) groups is 1. The van der Waals surface area contributed by atoms with Gasteiger partial charge in [0.05, 0.1) is 5.56 Å². The van der Waals surface area contributed by atoms with Crippen LogP contribution < -0.4 is 11.1 Å². The summed E-state index contributed by atoms with van der Waals surface area (Å²) >= 11 is 7.49. The van der Waals surface area contributed by atoms with Crippen LogP contribution >= 0.6 is 34.8 Å². The Morgan fingerprint density at radius 3 is 2.36 bits per heavy atom. The van der Waals surface area contributed by atoms with Crippen LogP contribution in [-0.4, -0.2) is 28.4 Å². The van der Waals surface area contributed by atoms with E-state index in [1.807, 2.05) is 42.5 Å². The number of carbonyl (C=O) groups is 2. The molecule has 0 aromatic heterocycles. The van der Waals surface area contributed by atoms with Gasteiger partial charge in [-0.2, -0.15) is 0 Å². The zero-order chi connectivity index (χ0) is 18.2. The van der Waals surface area contributed by atoms with Crippen LogP contribution in [0.4, 0.5) is 0 Å². The van der Waals surface area contributed by atoms with Gasteiger partial charge in [-0.15, -0.1) is 0 Å². The number of rotatable bonds is 6. The standard InChI is InChI=1S/C18H18IN3O2S/c19-15-9-5-4-8-14(15)17(24)21-18(25)22(11-10-16(20)23)12-13-6-2-1-3-7-13/h1-9H,10-12H2,(H2,20,23)(H,21,24,25). The average Bonchev–Trinajstić information content (AvgIpc) is 2.59. The number of hydrogen-bond acceptors (Lipinski definition) is 3. The van der Waals surface area contributed by atoms with E-state index in [9.17, 15) is 9.59 Å². The molecule has 0 saturated carbocycles. The molecule has 7 heteroatoms. The van der Waals surface area contributed by atoms with Crippen molar-refractivity contribution in [2.45, 2.75) is 13.0 Å². The smallest absolute Gasteiger partial charge is 0.258 e. The summed E-state index contributed by atoms with van der Waals surface area (Å²) in [6.45, 7) is 0.828. The first-order valence-corrected chi connectivity index (χ1v) is 9.13. The van der Waals surface area contributed by atoms with Gasteiger partial charge in [0.25, 0.3) is 5.91 Å². The lowest BCUT2D eigenvalue weighted by atomic mass is 10.2. The summed E-state index contributed by atoms with van der Waals surface area (Å²) in [7, 11) is 0. The Kier molecular flexibility index (Phi) is 7.32. The van der Waals surface area contributed by atoms with Crippen molar-refractivity contribution >= 4 is 51.7 Å². The predicted octanol–water partition coefficient (Wildman–Crippen LogP) is 2.68. The van der Waals surface area contributed by atoms with Crippen molar-refractivity contribution in [3.63, 3.8) is 0 Å². The highest BCUT2D eigenvalue weighted by atomic mass is 127. The molecule has 0 spiro atoms. The quantitative estimate of drug-likeness (QED) is 0.506. The Hall–Kier alpha value is -2.00. The van der Waals surface area contributed by atoms with Crippen molar-refractivity contribution in [1.29, 1.82) is 0 Å². The Bertz CT molecular complexity index is 768. The van der Waals surface area contributed by atoms with Gasteiger partial charge in [-0.3, -0.25) is 14.9 Å². The van der Waals surface area contributed by atoms with E-state index in [2.05, 4.69) is 27.9 Å². The molecule has 0 aliphatic heterocycles. The van der Waals surface area contributed by atoms with E-state index < -0.39 is 5.91 Å². The molecule has 130 valence electrons. The van der Waals surface area contributed by atoms with E-state index in [0.717, 1.165) is 9.13 Å². The average molecular weight is 467 g/mol. The van der Waals surface area contributed by atoms with Crippen LogP contribution in [-0.2, 0) is 11.3 Å². The van der Waals surface area contributed by atoms with Crippen molar-refractivity contribution in [2.24, 2.45) is 5.73 Å². The topological polar surface area (TPSA) is 75.4 Å². The minimum absolute atomic E-state index is 0.158. The number of halogens is 1. The molecule has 5 nitrogen and oxygen atoms in total. The fraction of sp³-hybridized carbons (Fsp3) is 0.167. The lowest BCUT2D eigenvalue weighted by Crippen LogP contribution is -2.43. The number of primary amides is 1. The maximum atomic E-state index is 12.4. The van der Waals surface area contributed by atoms with Gasteiger partial charge in [-0.1, -0.05) is 42.5 Å². The normalized spacial score (nSPS) is 10.1. The van der Waals surface area contributed by atoms with Gasteiger partial charge in [-0.05, 0) is 52.5 Å². The molecule has 0 aliphatic carbocycles. The van der Waals surface area contributed by atoms with Gasteiger partial charge in [-0.25, -0.2) is 0 Å². The van der Waals surface area contributed by atoms with E-state index in [4.69, 9.17) is 18.0 Å². The van der Waals surface area contributed by atoms with Crippen molar-refractivity contribution in [3.8, 4) is 0 Å². The number of carbonyl (C=O) groups excluding carboxylic acids is 2. The van der Waals surface area contributed by atoms with Crippen LogP contribution in [0.5, 0.6) is 0 Å². The van der Waals surface area contributed by atoms with Gasteiger partial charge in [0, 0.05) is 23.1 Å². The Morgan fingerprint density at radius 1 is 1.08 bits per heavy atom. The molecule has 2 aromatic carbocycles. The molecule has 3 N–H and O–H groups in total. The van der Waals surface area contributed by atoms with Crippen LogP contribution in [0.25, 0.3) is 0 Å². The van der Waals surface area contributed by atoms with Gasteiger partial charge in [0.15, 0.2) is 5.11 Å². The summed E-state index contributed by atoms with van der Waals surface area (Å²) < 4.78 is 0.840. The third-order valence-corrected chi connectivity index (χ3v) is 4.77. The summed E-state index contributed by atoms with van der Waals surface area (Å²) in [4.78, 5) is 25.3. The maximum Gasteiger partial charge on any atom is 0.258 e. The van der Waals surface area contributed by atoms with Crippen LogP contribution in [0.1, 0.15) is 22.3 Å². The lowest BCUT2D eigenvalue weighted by molar-refractivity contribution is -0.118. The van der Waals surface area contributed by atoms with E-state index in [0.29, 0.717) is 18.7 Å². The summed E-state index contributed by atoms with van der Waals surface area (Å²) in [6, 6.07) is 17.0. The molecule has 0 heterocycles. The van der Waals surface area contributed by atoms with Gasteiger partial charge in [0.1, 0.15) is 0 Å². The molecule has 2 rings (SSSR count). The molecular weight excluding hydrogens is 449 g/mol. The van der Waals surface area contributed by atoms with Crippen molar-refractivity contribution < 1.29 is 9.59 Å². The first-order chi connectivity index (χ1) is 12.0. The highest BCUT2D eigenvalue weighted by Gasteiger charge is 2.16. The largest absolute Gasteiger partial charge is 0.370 e. The van der Waals surface area contributed by atoms with Gasteiger partial charge >= 0.3 is 0 Å². The number of amides is 2. The molecule has 0 aliphatic rings. The highest BCUT2D eigenvalue weighted by molar-refractivity contribution is 14.1. The molecule has 0 radical (unpaired) electrons. The SMILES string of the molecule is NC(=O)CCN(Cc1ccccc1)C(=S)NC(=O)c1ccccc1I. The number of hydrogen-bond donors (Lipinski definition) is 2. The number of benzene rings is 2. The van der Waals surface area contributed by atoms with Gasteiger partial charge in [0.2, 0.25) is 5.91 Å². The second-order valence-electron chi connectivity index (χ2n) is 5.36. The zero-order valence-corrected chi connectivity index (χ0v) is 16.4. The Balaban J connectivity index is 2.09. The van der Waals surface area contributed by atoms with Crippen molar-refractivity contribution in [1.82, 2.24) is 10.2 Å². The third-order valence-electron chi connectivity index (χ3n) is 3.47. The monoisotopic (exact) mass is 467 g/mol. The number of nitrogens with zero attached hydrogens (tertiary/aromatic N) is 1. The van der Waals surface area contributed by atoms with Crippen molar-refractivity contribution in [3.05, 3.63) is 69.3 Å². The summed E-state index contributed by atoms with van der Waals surface area (Å²) in [5.41, 5.74) is 6.83. The second-order valence-corrected chi connectivity index (χ2v) is 6.91. The molecule has 2 aromatic rings. The minimum Gasteiger partial charge on any atom is -0.370 e. The molecule has 25 heavy (non-hydrogen) atoms. The zero-order valence-electron chi connectivity index (χ0n) is 13.4. The fourth-order valence-electron chi connectivity index (χ4n) is 2.19. The Labute approximate surface area is 165 Å². The van der Waals surface area contributed by atoms with Gasteiger partial charge < -0.3 is 10.6 Å². The Morgan fingerprint density at radius 2 is 1.72 bits per heavy atom. The van der Waals surface area contributed by atoms with Crippen LogP contribution in [0.2, 0.25) is 0 Å². The van der Waals surface area contributed by atoms with Crippen LogP contribution in [0.3, 0.4) is 0 Å². The lowest BCUT2D eigenvalue weighted by Gasteiger charge is -2.25. The third kappa shape index (κ3) is 6.09. The molecule has 0 fully saturated rings. The predicted molar refractivity (Wildman–Crippen MR) is 110 cm³/mol. The molecule has 0 atom stereocenters. The summed E-state index contributed by atoms with van der Waals surface area (Å²) in [5.74, 6) is -0.683. The van der Waals surface area contributed by atoms with E-state index >= 15 is 0 Å². The van der Waals surface area contributed by atoms with Crippen LogP contribution in [0, 0.1) is 3.57 Å². The highest BCUT2D eigenvalue weighted by Crippen LogP contribution is 2.12. The first-order valence-electron chi connectivity index (χ1n) is 7.64. The summed E-state index contributed by atoms with van der Waals surface area (Å²) in [5, 5.41) is 3.02. The minimum atomic E-state index is -0.412. The first kappa shape index (κ1) is 19.3. The summed E-state index contributed by atoms with van der Waals surface area (Å²) in [6.07, 6.45) is 0.158. The van der Waals surface area contributed by atoms with Crippen LogP contribution in [0.15, 0.2) is 54.6 Å². The second kappa shape index (κ2) is 9.47. The number of nitrogens with one attached hydrogen (secondary N) is 1. The fourth-order valence-corrected chi connectivity index (χ4v) is 3.07. The van der Waals surface area contributed by atoms with Crippen molar-refractivity contribution in [2.75, 3.05) is 6.54 Å². The number of nitrogens with two attached hydrogens (primary N) is 1.